The number of methoxy groups -OCH3 is 1. The van der Waals surface area contributed by atoms with Crippen molar-refractivity contribution in [2.24, 2.45) is 5.10 Å². The molecule has 1 amide bonds. The molecule has 30 heavy (non-hydrogen) atoms. The van der Waals surface area contributed by atoms with Crippen LogP contribution in [0.2, 0.25) is 0 Å². The van der Waals surface area contributed by atoms with Gasteiger partial charge in [-0.15, -0.1) is 0 Å². The zero-order valence-electron chi connectivity index (χ0n) is 17.5. The van der Waals surface area contributed by atoms with Gasteiger partial charge in [-0.25, -0.2) is 5.43 Å². The molecule has 0 aliphatic rings. The minimum absolute atomic E-state index is 0.120. The van der Waals surface area contributed by atoms with E-state index in [9.17, 15) is 4.79 Å². The van der Waals surface area contributed by atoms with E-state index >= 15 is 0 Å². The molecule has 0 atom stereocenters. The van der Waals surface area contributed by atoms with Crippen molar-refractivity contribution in [2.45, 2.75) is 19.3 Å². The quantitative estimate of drug-likeness (QED) is 0.444. The van der Waals surface area contributed by atoms with Gasteiger partial charge in [0.05, 0.1) is 13.3 Å². The summed E-state index contributed by atoms with van der Waals surface area (Å²) in [5.41, 5.74) is 5.53. The molecule has 3 rings (SSSR count). The van der Waals surface area contributed by atoms with Crippen LogP contribution in [0.15, 0.2) is 84.0 Å². The third-order valence-electron chi connectivity index (χ3n) is 4.97. The van der Waals surface area contributed by atoms with Gasteiger partial charge in [0.2, 0.25) is 0 Å². The van der Waals surface area contributed by atoms with Gasteiger partial charge in [-0.1, -0.05) is 68.4 Å². The summed E-state index contributed by atoms with van der Waals surface area (Å²) in [6.07, 6.45) is 1.54. The van der Waals surface area contributed by atoms with E-state index in [-0.39, 0.29) is 17.9 Å². The number of hydrogen-bond donors (Lipinski definition) is 1. The second-order valence-electron chi connectivity index (χ2n) is 7.34. The number of nitrogens with zero attached hydrogens (tertiary/aromatic N) is 1. The van der Waals surface area contributed by atoms with Gasteiger partial charge in [0, 0.05) is 11.0 Å². The Morgan fingerprint density at radius 1 is 0.933 bits per heavy atom. The molecule has 0 aromatic heterocycles. The van der Waals surface area contributed by atoms with Crippen molar-refractivity contribution in [1.82, 2.24) is 5.43 Å². The van der Waals surface area contributed by atoms with E-state index in [0.29, 0.717) is 11.5 Å². The molecule has 0 unspecified atom stereocenters. The summed E-state index contributed by atoms with van der Waals surface area (Å²) in [5, 5.41) is 3.96. The molecule has 0 radical (unpaired) electrons. The van der Waals surface area contributed by atoms with Crippen LogP contribution < -0.4 is 14.9 Å². The standard InChI is InChI=1S/C25H26N2O3/c1-25(2,20-10-5-4-6-11-20)21-13-15-22(16-14-21)30-18-24(28)27-26-17-19-9-7-8-12-23(19)29-3/h4-17H,18H2,1-3H3,(H,27,28)/b26-17+. The summed E-state index contributed by atoms with van der Waals surface area (Å²) >= 11 is 0. The highest BCUT2D eigenvalue weighted by molar-refractivity contribution is 5.85. The molecule has 1 N–H and O–H groups in total. The number of carbonyl (C=O) groups is 1. The third kappa shape index (κ3) is 5.26. The van der Waals surface area contributed by atoms with Crippen molar-refractivity contribution in [2.75, 3.05) is 13.7 Å². The molecule has 0 saturated carbocycles. The fraction of sp³-hybridized carbons (Fsp3) is 0.200. The van der Waals surface area contributed by atoms with Crippen LogP contribution in [0.25, 0.3) is 0 Å². The van der Waals surface area contributed by atoms with Crippen molar-refractivity contribution < 1.29 is 14.3 Å². The monoisotopic (exact) mass is 402 g/mol. The maximum absolute atomic E-state index is 12.0. The van der Waals surface area contributed by atoms with Crippen LogP contribution in [0.4, 0.5) is 0 Å². The van der Waals surface area contributed by atoms with Crippen LogP contribution in [0.5, 0.6) is 11.5 Å². The highest BCUT2D eigenvalue weighted by Gasteiger charge is 2.22. The van der Waals surface area contributed by atoms with Crippen LogP contribution in [-0.2, 0) is 10.2 Å². The Morgan fingerprint density at radius 2 is 1.57 bits per heavy atom. The molecule has 5 nitrogen and oxygen atoms in total. The number of rotatable bonds is 8. The molecule has 0 spiro atoms. The Hall–Kier alpha value is -3.60. The molecule has 3 aromatic carbocycles. The number of carbonyl (C=O) groups excluding carboxylic acids is 1. The fourth-order valence-electron chi connectivity index (χ4n) is 3.12. The summed E-state index contributed by atoms with van der Waals surface area (Å²) in [6.45, 7) is 4.25. The molecule has 5 heteroatoms. The van der Waals surface area contributed by atoms with Crippen LogP contribution in [0.3, 0.4) is 0 Å². The summed E-state index contributed by atoms with van der Waals surface area (Å²) in [4.78, 5) is 12.0. The van der Waals surface area contributed by atoms with Crippen molar-refractivity contribution in [3.63, 3.8) is 0 Å². The molecule has 3 aromatic rings. The number of para-hydroxylation sites is 1. The predicted molar refractivity (Wildman–Crippen MR) is 119 cm³/mol. The highest BCUT2D eigenvalue weighted by atomic mass is 16.5. The van der Waals surface area contributed by atoms with Crippen molar-refractivity contribution >= 4 is 12.1 Å². The Kier molecular flexibility index (Phi) is 6.86. The first-order chi connectivity index (χ1) is 14.5. The summed E-state index contributed by atoms with van der Waals surface area (Å²) in [6, 6.07) is 25.6. The van der Waals surface area contributed by atoms with Gasteiger partial charge in [-0.2, -0.15) is 5.10 Å². The second-order valence-corrected chi connectivity index (χ2v) is 7.34. The molecular weight excluding hydrogens is 376 g/mol. The number of hydrazone groups is 1. The van der Waals surface area contributed by atoms with E-state index in [1.807, 2.05) is 66.7 Å². The molecular formula is C25H26N2O3. The Balaban J connectivity index is 1.53. The number of ether oxygens (including phenoxy) is 2. The van der Waals surface area contributed by atoms with Crippen molar-refractivity contribution in [3.8, 4) is 11.5 Å². The van der Waals surface area contributed by atoms with Crippen LogP contribution >= 0.6 is 0 Å². The minimum atomic E-state index is -0.338. The lowest BCUT2D eigenvalue weighted by atomic mass is 9.78. The lowest BCUT2D eigenvalue weighted by molar-refractivity contribution is -0.123. The molecule has 154 valence electrons. The maximum atomic E-state index is 12.0. The highest BCUT2D eigenvalue weighted by Crippen LogP contribution is 2.32. The maximum Gasteiger partial charge on any atom is 0.277 e. The zero-order valence-corrected chi connectivity index (χ0v) is 17.5. The number of nitrogens with one attached hydrogen (secondary N) is 1. The van der Waals surface area contributed by atoms with E-state index in [0.717, 1.165) is 5.56 Å². The van der Waals surface area contributed by atoms with E-state index in [1.54, 1.807) is 7.11 Å². The van der Waals surface area contributed by atoms with Gasteiger partial charge in [-0.05, 0) is 35.4 Å². The number of hydrogen-bond acceptors (Lipinski definition) is 4. The van der Waals surface area contributed by atoms with Crippen molar-refractivity contribution in [3.05, 3.63) is 95.6 Å². The summed E-state index contributed by atoms with van der Waals surface area (Å²) in [7, 11) is 1.59. The minimum Gasteiger partial charge on any atom is -0.496 e. The summed E-state index contributed by atoms with van der Waals surface area (Å²) < 4.78 is 10.8. The van der Waals surface area contributed by atoms with E-state index in [2.05, 4.69) is 36.5 Å². The van der Waals surface area contributed by atoms with Gasteiger partial charge < -0.3 is 9.47 Å². The van der Waals surface area contributed by atoms with E-state index in [1.165, 1.54) is 17.3 Å². The zero-order chi connectivity index (χ0) is 21.4. The first-order valence-corrected chi connectivity index (χ1v) is 9.74. The Morgan fingerprint density at radius 3 is 2.27 bits per heavy atom. The molecule has 0 aliphatic heterocycles. The molecule has 0 fully saturated rings. The van der Waals surface area contributed by atoms with Gasteiger partial charge in [0.1, 0.15) is 11.5 Å². The topological polar surface area (TPSA) is 59.9 Å². The fourth-order valence-corrected chi connectivity index (χ4v) is 3.12. The molecule has 0 aliphatic carbocycles. The van der Waals surface area contributed by atoms with Gasteiger partial charge in [-0.3, -0.25) is 4.79 Å². The van der Waals surface area contributed by atoms with Gasteiger partial charge in [0.15, 0.2) is 6.61 Å². The number of benzene rings is 3. The van der Waals surface area contributed by atoms with Crippen LogP contribution in [-0.4, -0.2) is 25.8 Å². The molecule has 0 saturated heterocycles. The van der Waals surface area contributed by atoms with Crippen LogP contribution in [0.1, 0.15) is 30.5 Å². The van der Waals surface area contributed by atoms with Gasteiger partial charge >= 0.3 is 0 Å². The lowest BCUT2D eigenvalue weighted by Gasteiger charge is -2.26. The average molecular weight is 402 g/mol. The van der Waals surface area contributed by atoms with Crippen molar-refractivity contribution in [1.29, 1.82) is 0 Å². The number of amides is 1. The smallest absolute Gasteiger partial charge is 0.277 e. The largest absolute Gasteiger partial charge is 0.496 e. The normalized spacial score (nSPS) is 11.3. The third-order valence-corrected chi connectivity index (χ3v) is 4.97. The summed E-state index contributed by atoms with van der Waals surface area (Å²) in [5.74, 6) is 0.978. The van der Waals surface area contributed by atoms with E-state index < -0.39 is 0 Å². The molecule has 0 heterocycles. The first kappa shape index (κ1) is 21.1. The first-order valence-electron chi connectivity index (χ1n) is 9.74. The van der Waals surface area contributed by atoms with Crippen LogP contribution in [0, 0.1) is 0 Å². The Labute approximate surface area is 177 Å². The SMILES string of the molecule is COc1ccccc1/C=N/NC(=O)COc1ccc(C(C)(C)c2ccccc2)cc1. The molecule has 0 bridgehead atoms. The van der Waals surface area contributed by atoms with Gasteiger partial charge in [0.25, 0.3) is 5.91 Å². The average Bonchev–Trinajstić information content (AvgIpc) is 2.79. The lowest BCUT2D eigenvalue weighted by Crippen LogP contribution is -2.24. The predicted octanol–water partition coefficient (Wildman–Crippen LogP) is 4.55. The Bertz CT molecular complexity index is 996. The van der Waals surface area contributed by atoms with E-state index in [4.69, 9.17) is 9.47 Å². The second kappa shape index (κ2) is 9.74.